The van der Waals surface area contributed by atoms with Gasteiger partial charge in [-0.05, 0) is 6.42 Å². The van der Waals surface area contributed by atoms with Crippen LogP contribution in [0.25, 0.3) is 0 Å². The van der Waals surface area contributed by atoms with Crippen LogP contribution in [-0.2, 0) is 9.53 Å². The summed E-state index contributed by atoms with van der Waals surface area (Å²) in [6.07, 6.45) is 0.839. The molecule has 0 saturated carbocycles. The van der Waals surface area contributed by atoms with Crippen LogP contribution < -0.4 is 4.90 Å². The van der Waals surface area contributed by atoms with Crippen molar-refractivity contribution in [1.82, 2.24) is 0 Å². The number of ether oxygens (including phenoxy) is 1. The highest BCUT2D eigenvalue weighted by molar-refractivity contribution is 5.72. The van der Waals surface area contributed by atoms with E-state index in [0.29, 0.717) is 0 Å². The number of nitrogens with zero attached hydrogens (tertiary/aromatic N) is 1. The maximum atomic E-state index is 11.8. The Morgan fingerprint density at radius 1 is 1.29 bits per heavy atom. The van der Waals surface area contributed by atoms with E-state index in [1.54, 1.807) is 0 Å². The molecule has 0 aromatic rings. The molecule has 0 radical (unpaired) electrons. The van der Waals surface area contributed by atoms with Crippen molar-refractivity contribution < 1.29 is 18.9 Å². The van der Waals surface area contributed by atoms with Gasteiger partial charge in [-0.3, -0.25) is 4.79 Å². The lowest BCUT2D eigenvalue weighted by Gasteiger charge is -2.29. The zero-order valence-electron chi connectivity index (χ0n) is 12.5. The lowest BCUT2D eigenvalue weighted by molar-refractivity contribution is -0.890. The van der Waals surface area contributed by atoms with Crippen LogP contribution in [-0.4, -0.2) is 64.9 Å². The molecule has 2 atom stereocenters. The number of quaternary nitrogens is 2. The van der Waals surface area contributed by atoms with Crippen LogP contribution in [0.3, 0.4) is 0 Å². The molecule has 1 N–H and O–H groups in total. The van der Waals surface area contributed by atoms with E-state index in [0.717, 1.165) is 24.0 Å². The molecule has 0 aromatic heterocycles. The lowest BCUT2D eigenvalue weighted by Crippen LogP contribution is -3.07. The molecule has 0 spiro atoms. The van der Waals surface area contributed by atoms with Crippen molar-refractivity contribution in [3.63, 3.8) is 0 Å². The number of hydrogen-bond donors (Lipinski definition) is 1. The molecule has 0 fully saturated rings. The number of carbonyl (C=O) groups excluding carboxylic acids is 1. The summed E-state index contributed by atoms with van der Waals surface area (Å²) in [5.74, 6) is -0.0608. The Morgan fingerprint density at radius 3 is 2.18 bits per heavy atom. The summed E-state index contributed by atoms with van der Waals surface area (Å²) in [6.45, 7) is 5.65. The molecule has 0 aliphatic heterocycles. The molecule has 0 amide bonds. The van der Waals surface area contributed by atoms with E-state index in [1.807, 2.05) is 13.8 Å². The van der Waals surface area contributed by atoms with Gasteiger partial charge in [-0.2, -0.15) is 0 Å². The van der Waals surface area contributed by atoms with E-state index in [-0.39, 0.29) is 18.0 Å². The minimum atomic E-state index is -0.0628. The van der Waals surface area contributed by atoms with Gasteiger partial charge in [-0.1, -0.05) is 13.8 Å². The molecule has 0 aromatic carbocycles. The Morgan fingerprint density at radius 2 is 1.82 bits per heavy atom. The highest BCUT2D eigenvalue weighted by Crippen LogP contribution is 2.07. The first-order chi connectivity index (χ1) is 7.65. The van der Waals surface area contributed by atoms with Gasteiger partial charge >= 0.3 is 5.97 Å². The summed E-state index contributed by atoms with van der Waals surface area (Å²) in [6, 6.07) is 0. The van der Waals surface area contributed by atoms with Crippen molar-refractivity contribution in [2.45, 2.75) is 26.4 Å². The number of rotatable bonds is 7. The summed E-state index contributed by atoms with van der Waals surface area (Å²) in [7, 11) is 10.5. The molecule has 0 aliphatic rings. The topological polar surface area (TPSA) is 30.7 Å². The zero-order chi connectivity index (χ0) is 13.6. The standard InChI is InChI=1S/C13H29N2O2/c1-8-11(2)13(16)17-12(9-14(3)4)10-15(5,6)7/h11-12H,8-10H2,1-7H3/q+1/p+1. The van der Waals surface area contributed by atoms with Gasteiger partial charge in [0.2, 0.25) is 0 Å². The van der Waals surface area contributed by atoms with Crippen LogP contribution in [0.1, 0.15) is 20.3 Å². The van der Waals surface area contributed by atoms with Crippen molar-refractivity contribution >= 4 is 5.97 Å². The van der Waals surface area contributed by atoms with E-state index in [9.17, 15) is 4.79 Å². The molecule has 2 unspecified atom stereocenters. The van der Waals surface area contributed by atoms with E-state index < -0.39 is 0 Å². The van der Waals surface area contributed by atoms with E-state index >= 15 is 0 Å². The summed E-state index contributed by atoms with van der Waals surface area (Å²) < 4.78 is 6.43. The van der Waals surface area contributed by atoms with E-state index in [1.165, 1.54) is 4.90 Å². The van der Waals surface area contributed by atoms with Gasteiger partial charge in [0.15, 0.2) is 6.10 Å². The number of hydrogen-bond acceptors (Lipinski definition) is 2. The Kier molecular flexibility index (Phi) is 6.72. The van der Waals surface area contributed by atoms with Crippen LogP contribution in [0, 0.1) is 5.92 Å². The van der Waals surface area contributed by atoms with Gasteiger partial charge in [0.05, 0.1) is 41.2 Å². The van der Waals surface area contributed by atoms with Gasteiger partial charge in [0.25, 0.3) is 0 Å². The molecule has 102 valence electrons. The Labute approximate surface area is 106 Å². The fourth-order valence-electron chi connectivity index (χ4n) is 1.66. The SMILES string of the molecule is CCC(C)C(=O)OC(C[NH+](C)C)C[N+](C)(C)C. The van der Waals surface area contributed by atoms with E-state index in [4.69, 9.17) is 4.74 Å². The van der Waals surface area contributed by atoms with Crippen LogP contribution in [0.2, 0.25) is 0 Å². The summed E-state index contributed by atoms with van der Waals surface area (Å²) in [5, 5.41) is 0. The molecular formula is C13H30N2O2+2. The smallest absolute Gasteiger partial charge is 0.309 e. The zero-order valence-corrected chi connectivity index (χ0v) is 12.5. The minimum absolute atomic E-state index is 0.00139. The Bertz CT molecular complexity index is 234. The second kappa shape index (κ2) is 6.97. The summed E-state index contributed by atoms with van der Waals surface area (Å²) in [4.78, 5) is 13.1. The van der Waals surface area contributed by atoms with Crippen LogP contribution >= 0.6 is 0 Å². The first kappa shape index (κ1) is 16.4. The largest absolute Gasteiger partial charge is 0.450 e. The highest BCUT2D eigenvalue weighted by Gasteiger charge is 2.26. The van der Waals surface area contributed by atoms with Crippen molar-refractivity contribution in [3.05, 3.63) is 0 Å². The minimum Gasteiger partial charge on any atom is -0.450 e. The molecule has 4 heteroatoms. The summed E-state index contributed by atoms with van der Waals surface area (Å²) >= 11 is 0. The van der Waals surface area contributed by atoms with Crippen molar-refractivity contribution in [2.75, 3.05) is 48.3 Å². The number of esters is 1. The highest BCUT2D eigenvalue weighted by atomic mass is 16.5. The number of likely N-dealkylation sites (N-methyl/N-ethyl adjacent to an activating group) is 2. The normalized spacial score (nSPS) is 15.8. The first-order valence-electron chi connectivity index (χ1n) is 6.45. The second-order valence-electron chi connectivity index (χ2n) is 6.25. The molecule has 4 nitrogen and oxygen atoms in total. The van der Waals surface area contributed by atoms with E-state index in [2.05, 4.69) is 35.2 Å². The predicted molar refractivity (Wildman–Crippen MR) is 69.9 cm³/mol. The second-order valence-corrected chi connectivity index (χ2v) is 6.25. The average molecular weight is 246 g/mol. The quantitative estimate of drug-likeness (QED) is 0.498. The molecule has 17 heavy (non-hydrogen) atoms. The Balaban J connectivity index is 4.43. The van der Waals surface area contributed by atoms with Crippen LogP contribution in [0.15, 0.2) is 0 Å². The van der Waals surface area contributed by atoms with Crippen molar-refractivity contribution in [1.29, 1.82) is 0 Å². The summed E-state index contributed by atoms with van der Waals surface area (Å²) in [5.41, 5.74) is 0. The number of carbonyl (C=O) groups is 1. The lowest BCUT2D eigenvalue weighted by atomic mass is 10.1. The fourth-order valence-corrected chi connectivity index (χ4v) is 1.66. The third kappa shape index (κ3) is 8.16. The average Bonchev–Trinajstić information content (AvgIpc) is 2.12. The maximum Gasteiger partial charge on any atom is 0.309 e. The molecule has 0 saturated heterocycles. The molecule has 0 heterocycles. The monoisotopic (exact) mass is 246 g/mol. The van der Waals surface area contributed by atoms with Gasteiger partial charge in [0, 0.05) is 0 Å². The van der Waals surface area contributed by atoms with Crippen LogP contribution in [0.5, 0.6) is 0 Å². The van der Waals surface area contributed by atoms with Gasteiger partial charge in [0.1, 0.15) is 13.1 Å². The first-order valence-corrected chi connectivity index (χ1v) is 6.45. The fraction of sp³-hybridized carbons (Fsp3) is 0.923. The predicted octanol–water partition coefficient (Wildman–Crippen LogP) is -0.205. The number of nitrogens with one attached hydrogen (secondary N) is 1. The van der Waals surface area contributed by atoms with Crippen molar-refractivity contribution in [3.8, 4) is 0 Å². The third-order valence-electron chi connectivity index (χ3n) is 2.68. The molecule has 0 rings (SSSR count). The van der Waals surface area contributed by atoms with Gasteiger partial charge in [-0.25, -0.2) is 0 Å². The van der Waals surface area contributed by atoms with Gasteiger partial charge < -0.3 is 14.1 Å². The maximum absolute atomic E-state index is 11.8. The van der Waals surface area contributed by atoms with Crippen molar-refractivity contribution in [2.24, 2.45) is 5.92 Å². The molecule has 0 aliphatic carbocycles. The Hall–Kier alpha value is -0.610. The molecular weight excluding hydrogens is 216 g/mol. The molecule has 0 bridgehead atoms. The third-order valence-corrected chi connectivity index (χ3v) is 2.68. The van der Waals surface area contributed by atoms with Crippen LogP contribution in [0.4, 0.5) is 0 Å². The van der Waals surface area contributed by atoms with Gasteiger partial charge in [-0.15, -0.1) is 0 Å².